The van der Waals surface area contributed by atoms with Crippen molar-refractivity contribution in [2.75, 3.05) is 30.3 Å². The third-order valence-corrected chi connectivity index (χ3v) is 3.28. The first-order valence-electron chi connectivity index (χ1n) is 6.65. The molecule has 19 heavy (non-hydrogen) atoms. The second kappa shape index (κ2) is 5.82. The van der Waals surface area contributed by atoms with Crippen LogP contribution in [0.2, 0.25) is 0 Å². The number of benzene rings is 1. The number of rotatable bonds is 4. The molecule has 0 bridgehead atoms. The van der Waals surface area contributed by atoms with Crippen LogP contribution in [0.25, 0.3) is 0 Å². The Morgan fingerprint density at radius 2 is 2.37 bits per heavy atom. The van der Waals surface area contributed by atoms with Gasteiger partial charge in [0.15, 0.2) is 0 Å². The second-order valence-electron chi connectivity index (χ2n) is 4.75. The fourth-order valence-corrected chi connectivity index (χ4v) is 2.47. The van der Waals surface area contributed by atoms with Crippen LogP contribution in [0.3, 0.4) is 0 Å². The number of nitrogens with two attached hydrogens (primary N) is 1. The lowest BCUT2D eigenvalue weighted by Crippen LogP contribution is -2.35. The standard InChI is InChI=1S/C14H21N3O2/c1-3-19-13-6-4-5-12(14(13)15)17-8-7-11(9-17)16-10(2)18/h4-6,11H,3,7-9,15H2,1-2H3,(H,16,18). The number of para-hydroxylation sites is 1. The van der Waals surface area contributed by atoms with Crippen LogP contribution in [0.1, 0.15) is 20.3 Å². The van der Waals surface area contributed by atoms with Crippen molar-refractivity contribution in [2.24, 2.45) is 0 Å². The maximum atomic E-state index is 11.1. The van der Waals surface area contributed by atoms with E-state index in [0.717, 1.165) is 30.9 Å². The Morgan fingerprint density at radius 3 is 3.05 bits per heavy atom. The monoisotopic (exact) mass is 263 g/mol. The molecule has 1 aromatic carbocycles. The van der Waals surface area contributed by atoms with Gasteiger partial charge in [-0.3, -0.25) is 4.79 Å². The molecule has 1 aromatic rings. The van der Waals surface area contributed by atoms with Crippen LogP contribution in [0.4, 0.5) is 11.4 Å². The largest absolute Gasteiger partial charge is 0.492 e. The fourth-order valence-electron chi connectivity index (χ4n) is 2.47. The number of anilines is 2. The van der Waals surface area contributed by atoms with Gasteiger partial charge in [-0.05, 0) is 25.5 Å². The van der Waals surface area contributed by atoms with Gasteiger partial charge in [-0.15, -0.1) is 0 Å². The predicted molar refractivity (Wildman–Crippen MR) is 76.5 cm³/mol. The Hall–Kier alpha value is -1.91. The van der Waals surface area contributed by atoms with Crippen LogP contribution in [-0.4, -0.2) is 31.6 Å². The van der Waals surface area contributed by atoms with Crippen LogP contribution in [0.15, 0.2) is 18.2 Å². The first kappa shape index (κ1) is 13.5. The fraction of sp³-hybridized carbons (Fsp3) is 0.500. The molecule has 1 unspecified atom stereocenters. The van der Waals surface area contributed by atoms with Gasteiger partial charge < -0.3 is 20.7 Å². The number of amides is 1. The Bertz CT molecular complexity index is 462. The minimum atomic E-state index is 0.0166. The van der Waals surface area contributed by atoms with E-state index in [-0.39, 0.29) is 11.9 Å². The minimum absolute atomic E-state index is 0.0166. The zero-order valence-electron chi connectivity index (χ0n) is 11.5. The first-order valence-corrected chi connectivity index (χ1v) is 6.65. The van der Waals surface area contributed by atoms with E-state index in [9.17, 15) is 4.79 Å². The van der Waals surface area contributed by atoms with E-state index in [0.29, 0.717) is 12.3 Å². The summed E-state index contributed by atoms with van der Waals surface area (Å²) >= 11 is 0. The van der Waals surface area contributed by atoms with Gasteiger partial charge in [-0.25, -0.2) is 0 Å². The highest BCUT2D eigenvalue weighted by Gasteiger charge is 2.25. The Balaban J connectivity index is 2.11. The lowest BCUT2D eigenvalue weighted by Gasteiger charge is -2.22. The van der Waals surface area contributed by atoms with Gasteiger partial charge in [0.1, 0.15) is 5.75 Å². The van der Waals surface area contributed by atoms with Crippen molar-refractivity contribution in [3.63, 3.8) is 0 Å². The lowest BCUT2D eigenvalue weighted by molar-refractivity contribution is -0.119. The average molecular weight is 263 g/mol. The van der Waals surface area contributed by atoms with E-state index in [1.54, 1.807) is 6.92 Å². The maximum absolute atomic E-state index is 11.1. The molecular formula is C14H21N3O2. The van der Waals surface area contributed by atoms with E-state index < -0.39 is 0 Å². The molecule has 0 radical (unpaired) electrons. The number of ether oxygens (including phenoxy) is 1. The van der Waals surface area contributed by atoms with Gasteiger partial charge in [0, 0.05) is 26.1 Å². The summed E-state index contributed by atoms with van der Waals surface area (Å²) in [5, 5.41) is 2.95. The highest BCUT2D eigenvalue weighted by atomic mass is 16.5. The highest BCUT2D eigenvalue weighted by Crippen LogP contribution is 2.33. The third kappa shape index (κ3) is 3.10. The summed E-state index contributed by atoms with van der Waals surface area (Å²) in [4.78, 5) is 13.3. The van der Waals surface area contributed by atoms with Crippen molar-refractivity contribution in [1.29, 1.82) is 0 Å². The van der Waals surface area contributed by atoms with Crippen molar-refractivity contribution < 1.29 is 9.53 Å². The lowest BCUT2D eigenvalue weighted by atomic mass is 10.2. The summed E-state index contributed by atoms with van der Waals surface area (Å²) in [6.45, 7) is 5.77. The number of carbonyl (C=O) groups excluding carboxylic acids is 1. The molecule has 5 nitrogen and oxygen atoms in total. The maximum Gasteiger partial charge on any atom is 0.217 e. The summed E-state index contributed by atoms with van der Waals surface area (Å²) < 4.78 is 5.51. The van der Waals surface area contributed by atoms with Crippen molar-refractivity contribution in [3.8, 4) is 5.75 Å². The van der Waals surface area contributed by atoms with Crippen LogP contribution in [0, 0.1) is 0 Å². The summed E-state index contributed by atoms with van der Waals surface area (Å²) in [7, 11) is 0. The normalized spacial score (nSPS) is 18.4. The van der Waals surface area contributed by atoms with Gasteiger partial charge in [-0.2, -0.15) is 0 Å². The Kier molecular flexibility index (Phi) is 4.14. The van der Waals surface area contributed by atoms with Gasteiger partial charge in [-0.1, -0.05) is 6.07 Å². The number of hydrogen-bond donors (Lipinski definition) is 2. The van der Waals surface area contributed by atoms with Crippen LogP contribution < -0.4 is 20.7 Å². The van der Waals surface area contributed by atoms with Gasteiger partial charge in [0.25, 0.3) is 0 Å². The van der Waals surface area contributed by atoms with Crippen molar-refractivity contribution >= 4 is 17.3 Å². The molecule has 0 aromatic heterocycles. The molecular weight excluding hydrogens is 242 g/mol. The first-order chi connectivity index (χ1) is 9.11. The minimum Gasteiger partial charge on any atom is -0.492 e. The molecule has 1 heterocycles. The van der Waals surface area contributed by atoms with Gasteiger partial charge in [0.2, 0.25) is 5.91 Å². The second-order valence-corrected chi connectivity index (χ2v) is 4.75. The number of hydrogen-bond acceptors (Lipinski definition) is 4. The van der Waals surface area contributed by atoms with E-state index >= 15 is 0 Å². The van der Waals surface area contributed by atoms with Crippen molar-refractivity contribution in [3.05, 3.63) is 18.2 Å². The molecule has 1 amide bonds. The molecule has 0 aliphatic carbocycles. The summed E-state index contributed by atoms with van der Waals surface area (Å²) in [6, 6.07) is 6.02. The number of nitrogens with zero attached hydrogens (tertiary/aromatic N) is 1. The number of nitrogen functional groups attached to an aromatic ring is 1. The van der Waals surface area contributed by atoms with Gasteiger partial charge >= 0.3 is 0 Å². The van der Waals surface area contributed by atoms with Crippen LogP contribution >= 0.6 is 0 Å². The molecule has 1 aliphatic rings. The van der Waals surface area contributed by atoms with Crippen molar-refractivity contribution in [2.45, 2.75) is 26.3 Å². The Labute approximate surface area is 113 Å². The molecule has 1 atom stereocenters. The van der Waals surface area contributed by atoms with E-state index in [1.165, 1.54) is 0 Å². The zero-order valence-corrected chi connectivity index (χ0v) is 11.5. The van der Waals surface area contributed by atoms with E-state index in [2.05, 4.69) is 10.2 Å². The molecule has 1 fully saturated rings. The molecule has 2 rings (SSSR count). The molecule has 1 aliphatic heterocycles. The molecule has 5 heteroatoms. The summed E-state index contributed by atoms with van der Waals surface area (Å²) in [5.41, 5.74) is 7.80. The molecule has 104 valence electrons. The summed E-state index contributed by atoms with van der Waals surface area (Å²) in [6.07, 6.45) is 0.942. The predicted octanol–water partition coefficient (Wildman–Crippen LogP) is 1.38. The van der Waals surface area contributed by atoms with Crippen LogP contribution in [-0.2, 0) is 4.79 Å². The number of nitrogens with one attached hydrogen (secondary N) is 1. The van der Waals surface area contributed by atoms with E-state index in [1.807, 2.05) is 25.1 Å². The number of carbonyl (C=O) groups is 1. The average Bonchev–Trinajstić information content (AvgIpc) is 2.79. The molecule has 0 spiro atoms. The quantitative estimate of drug-likeness (QED) is 0.805. The smallest absolute Gasteiger partial charge is 0.217 e. The van der Waals surface area contributed by atoms with Crippen LogP contribution in [0.5, 0.6) is 5.75 Å². The van der Waals surface area contributed by atoms with E-state index in [4.69, 9.17) is 10.5 Å². The van der Waals surface area contributed by atoms with Gasteiger partial charge in [0.05, 0.1) is 18.0 Å². The Morgan fingerprint density at radius 1 is 1.58 bits per heavy atom. The third-order valence-electron chi connectivity index (χ3n) is 3.28. The molecule has 1 saturated heterocycles. The van der Waals surface area contributed by atoms with Crippen molar-refractivity contribution in [1.82, 2.24) is 5.32 Å². The molecule has 3 N–H and O–H groups in total. The highest BCUT2D eigenvalue weighted by molar-refractivity contribution is 5.75. The summed E-state index contributed by atoms with van der Waals surface area (Å²) in [5.74, 6) is 0.742. The molecule has 0 saturated carbocycles. The zero-order chi connectivity index (χ0) is 13.8. The SMILES string of the molecule is CCOc1cccc(N2CCC(NC(C)=O)C2)c1N. The topological polar surface area (TPSA) is 67.6 Å².